The molecule has 0 saturated carbocycles. The van der Waals surface area contributed by atoms with Crippen molar-refractivity contribution >= 4 is 5.57 Å². The first-order chi connectivity index (χ1) is 6.30. The molecule has 0 radical (unpaired) electrons. The smallest absolute Gasteiger partial charge is 0.248 e. The Morgan fingerprint density at radius 1 is 1.36 bits per heavy atom. The van der Waals surface area contributed by atoms with Gasteiger partial charge in [0.15, 0.2) is 0 Å². The van der Waals surface area contributed by atoms with Gasteiger partial charge in [-0.1, -0.05) is 32.9 Å². The standard InChI is InChI=1S/C12H17NO/c1-8(2)9-6-10(12(3,4)5)13-11(14)7-9/h6-7H,1H2,2-5H3,(H,13,14). The van der Waals surface area contributed by atoms with Gasteiger partial charge in [-0.15, -0.1) is 0 Å². The van der Waals surface area contributed by atoms with E-state index in [4.69, 9.17) is 0 Å². The molecular weight excluding hydrogens is 174 g/mol. The highest BCUT2D eigenvalue weighted by Crippen LogP contribution is 2.21. The number of allylic oxidation sites excluding steroid dienone is 1. The van der Waals surface area contributed by atoms with Crippen LogP contribution in [0.1, 0.15) is 39.0 Å². The minimum atomic E-state index is -0.0598. The molecule has 0 fully saturated rings. The van der Waals surface area contributed by atoms with Crippen molar-refractivity contribution in [3.8, 4) is 0 Å². The van der Waals surface area contributed by atoms with Gasteiger partial charge in [0.2, 0.25) is 5.56 Å². The van der Waals surface area contributed by atoms with Crippen molar-refractivity contribution < 1.29 is 0 Å². The molecule has 0 bridgehead atoms. The fraction of sp³-hybridized carbons (Fsp3) is 0.417. The van der Waals surface area contributed by atoms with Gasteiger partial charge in [0.05, 0.1) is 0 Å². The number of aromatic nitrogens is 1. The second kappa shape index (κ2) is 3.45. The summed E-state index contributed by atoms with van der Waals surface area (Å²) in [6.45, 7) is 12.0. The molecular formula is C12H17NO. The number of nitrogens with one attached hydrogen (secondary N) is 1. The van der Waals surface area contributed by atoms with Crippen molar-refractivity contribution in [1.29, 1.82) is 0 Å². The summed E-state index contributed by atoms with van der Waals surface area (Å²) in [5.74, 6) is 0. The summed E-state index contributed by atoms with van der Waals surface area (Å²) in [6, 6.07) is 3.57. The zero-order valence-corrected chi connectivity index (χ0v) is 9.27. The Balaban J connectivity index is 3.35. The highest BCUT2D eigenvalue weighted by Gasteiger charge is 2.15. The van der Waals surface area contributed by atoms with Crippen LogP contribution in [-0.2, 0) is 5.41 Å². The summed E-state index contributed by atoms with van der Waals surface area (Å²) in [5.41, 5.74) is 2.68. The van der Waals surface area contributed by atoms with E-state index in [1.165, 1.54) is 0 Å². The molecule has 0 aliphatic rings. The fourth-order valence-corrected chi connectivity index (χ4v) is 1.19. The number of aromatic amines is 1. The van der Waals surface area contributed by atoms with Crippen molar-refractivity contribution in [2.45, 2.75) is 33.1 Å². The van der Waals surface area contributed by atoms with Crippen LogP contribution in [0.3, 0.4) is 0 Å². The Hall–Kier alpha value is -1.31. The number of hydrogen-bond acceptors (Lipinski definition) is 1. The maximum absolute atomic E-state index is 11.4. The van der Waals surface area contributed by atoms with Gasteiger partial charge in [0.1, 0.15) is 0 Å². The third-order valence-corrected chi connectivity index (χ3v) is 2.15. The van der Waals surface area contributed by atoms with Gasteiger partial charge < -0.3 is 4.98 Å². The number of hydrogen-bond donors (Lipinski definition) is 1. The quantitative estimate of drug-likeness (QED) is 0.727. The van der Waals surface area contributed by atoms with E-state index in [0.29, 0.717) is 0 Å². The summed E-state index contributed by atoms with van der Waals surface area (Å²) in [7, 11) is 0. The molecule has 1 aromatic rings. The van der Waals surface area contributed by atoms with E-state index in [1.54, 1.807) is 6.07 Å². The van der Waals surface area contributed by atoms with E-state index in [9.17, 15) is 4.79 Å². The van der Waals surface area contributed by atoms with Gasteiger partial charge in [0.25, 0.3) is 0 Å². The Bertz CT molecular complexity index is 407. The third kappa shape index (κ3) is 2.34. The predicted octanol–water partition coefficient (Wildman–Crippen LogP) is 2.71. The van der Waals surface area contributed by atoms with Crippen LogP contribution in [0, 0.1) is 0 Å². The molecule has 14 heavy (non-hydrogen) atoms. The van der Waals surface area contributed by atoms with Crippen LogP contribution in [0.15, 0.2) is 23.5 Å². The van der Waals surface area contributed by atoms with Gasteiger partial charge in [-0.3, -0.25) is 4.79 Å². The van der Waals surface area contributed by atoms with Gasteiger partial charge in [-0.2, -0.15) is 0 Å². The van der Waals surface area contributed by atoms with Crippen molar-refractivity contribution in [2.75, 3.05) is 0 Å². The second-order valence-corrected chi connectivity index (χ2v) is 4.68. The van der Waals surface area contributed by atoms with Crippen molar-refractivity contribution in [1.82, 2.24) is 4.98 Å². The zero-order chi connectivity index (χ0) is 10.9. The van der Waals surface area contributed by atoms with E-state index >= 15 is 0 Å². The molecule has 0 aliphatic carbocycles. The van der Waals surface area contributed by atoms with Crippen LogP contribution in [0.2, 0.25) is 0 Å². The van der Waals surface area contributed by atoms with Crippen LogP contribution in [-0.4, -0.2) is 4.98 Å². The fourth-order valence-electron chi connectivity index (χ4n) is 1.19. The van der Waals surface area contributed by atoms with Crippen LogP contribution in [0.5, 0.6) is 0 Å². The first-order valence-electron chi connectivity index (χ1n) is 4.71. The first-order valence-corrected chi connectivity index (χ1v) is 4.71. The molecule has 0 spiro atoms. The maximum atomic E-state index is 11.4. The van der Waals surface area contributed by atoms with E-state index in [0.717, 1.165) is 16.8 Å². The Morgan fingerprint density at radius 2 is 1.93 bits per heavy atom. The Morgan fingerprint density at radius 3 is 2.36 bits per heavy atom. The van der Waals surface area contributed by atoms with E-state index in [1.807, 2.05) is 13.0 Å². The first kappa shape index (κ1) is 10.8. The Labute approximate surface area is 84.7 Å². The number of H-pyrrole nitrogens is 1. The minimum Gasteiger partial charge on any atom is -0.326 e. The summed E-state index contributed by atoms with van der Waals surface area (Å²) in [6.07, 6.45) is 0. The van der Waals surface area contributed by atoms with Crippen LogP contribution in [0.25, 0.3) is 5.57 Å². The van der Waals surface area contributed by atoms with Gasteiger partial charge >= 0.3 is 0 Å². The molecule has 0 unspecified atom stereocenters. The lowest BCUT2D eigenvalue weighted by atomic mass is 9.90. The molecule has 1 aromatic heterocycles. The van der Waals surface area contributed by atoms with Gasteiger partial charge in [-0.25, -0.2) is 0 Å². The van der Waals surface area contributed by atoms with Crippen molar-refractivity contribution in [2.24, 2.45) is 0 Å². The molecule has 1 heterocycles. The topological polar surface area (TPSA) is 32.9 Å². The minimum absolute atomic E-state index is 0.0371. The molecule has 1 rings (SSSR count). The summed E-state index contributed by atoms with van der Waals surface area (Å²) in [4.78, 5) is 14.2. The van der Waals surface area contributed by atoms with Crippen molar-refractivity contribution in [3.05, 3.63) is 40.3 Å². The van der Waals surface area contributed by atoms with Crippen LogP contribution < -0.4 is 5.56 Å². The molecule has 0 aromatic carbocycles. The average molecular weight is 191 g/mol. The van der Waals surface area contributed by atoms with E-state index in [-0.39, 0.29) is 11.0 Å². The number of rotatable bonds is 1. The van der Waals surface area contributed by atoms with Crippen LogP contribution in [0.4, 0.5) is 0 Å². The molecule has 2 nitrogen and oxygen atoms in total. The van der Waals surface area contributed by atoms with E-state index in [2.05, 4.69) is 32.3 Å². The maximum Gasteiger partial charge on any atom is 0.248 e. The lowest BCUT2D eigenvalue weighted by Gasteiger charge is -2.19. The molecule has 0 saturated heterocycles. The van der Waals surface area contributed by atoms with E-state index < -0.39 is 0 Å². The molecule has 0 atom stereocenters. The van der Waals surface area contributed by atoms with Gasteiger partial charge in [0, 0.05) is 17.2 Å². The van der Waals surface area contributed by atoms with Gasteiger partial charge in [-0.05, 0) is 18.6 Å². The van der Waals surface area contributed by atoms with Crippen LogP contribution >= 0.6 is 0 Å². The predicted molar refractivity (Wildman–Crippen MR) is 60.5 cm³/mol. The third-order valence-electron chi connectivity index (χ3n) is 2.15. The number of pyridine rings is 1. The summed E-state index contributed by atoms with van der Waals surface area (Å²) >= 11 is 0. The normalized spacial score (nSPS) is 11.4. The monoisotopic (exact) mass is 191 g/mol. The Kier molecular flexibility index (Phi) is 2.65. The molecule has 76 valence electrons. The molecule has 2 heteroatoms. The van der Waals surface area contributed by atoms with Crippen molar-refractivity contribution in [3.63, 3.8) is 0 Å². The largest absolute Gasteiger partial charge is 0.326 e. The highest BCUT2D eigenvalue weighted by molar-refractivity contribution is 5.61. The second-order valence-electron chi connectivity index (χ2n) is 4.68. The molecule has 0 amide bonds. The lowest BCUT2D eigenvalue weighted by molar-refractivity contribution is 0.566. The molecule has 0 aliphatic heterocycles. The molecule has 1 N–H and O–H groups in total. The highest BCUT2D eigenvalue weighted by atomic mass is 16.1. The average Bonchev–Trinajstić information content (AvgIpc) is 2.01. The summed E-state index contributed by atoms with van der Waals surface area (Å²) in [5, 5.41) is 0. The lowest BCUT2D eigenvalue weighted by Crippen LogP contribution is -2.19. The SMILES string of the molecule is C=C(C)c1cc(C(C)(C)C)[nH]c(=O)c1. The summed E-state index contributed by atoms with van der Waals surface area (Å²) < 4.78 is 0. The zero-order valence-electron chi connectivity index (χ0n) is 9.27.